The fourth-order valence-electron chi connectivity index (χ4n) is 1.73. The lowest BCUT2D eigenvalue weighted by Crippen LogP contribution is -1.84. The maximum atomic E-state index is 5.65. The average molecular weight is 237 g/mol. The molecule has 0 fully saturated rings. The zero-order chi connectivity index (χ0) is 11.6. The molecule has 0 nitrogen and oxygen atoms in total. The maximum Gasteiger partial charge on any atom is 0.0223 e. The molecule has 0 saturated carbocycles. The van der Waals surface area contributed by atoms with Gasteiger partial charge in [-0.3, -0.25) is 0 Å². The lowest BCUT2D eigenvalue weighted by Gasteiger charge is -2.01. The quantitative estimate of drug-likeness (QED) is 0.356. The molecular weight excluding hydrogens is 216 g/mol. The molecular formula is C15H21Cl. The van der Waals surface area contributed by atoms with Crippen LogP contribution in [0.5, 0.6) is 0 Å². The van der Waals surface area contributed by atoms with Gasteiger partial charge in [-0.1, -0.05) is 42.0 Å². The molecule has 1 aromatic carbocycles. The fraction of sp³-hybridized carbons (Fsp3) is 0.467. The minimum Gasteiger partial charge on any atom is -0.127 e. The maximum absolute atomic E-state index is 5.65. The van der Waals surface area contributed by atoms with Gasteiger partial charge in [0.15, 0.2) is 0 Å². The van der Waals surface area contributed by atoms with E-state index in [9.17, 15) is 0 Å². The average Bonchev–Trinajstić information content (AvgIpc) is 2.31. The van der Waals surface area contributed by atoms with E-state index in [1.165, 1.54) is 24.0 Å². The van der Waals surface area contributed by atoms with Gasteiger partial charge in [-0.05, 0) is 44.6 Å². The standard InChI is InChI=1S/C15H21Cl/c1-14(8-5-6-13-16)9-7-12-15-10-3-2-4-11-15/h2-4,9-11H,5-8,12-13H2,1H3. The van der Waals surface area contributed by atoms with E-state index in [0.29, 0.717) is 0 Å². The Morgan fingerprint density at radius 3 is 2.62 bits per heavy atom. The van der Waals surface area contributed by atoms with Gasteiger partial charge in [0.1, 0.15) is 0 Å². The van der Waals surface area contributed by atoms with Crippen LogP contribution >= 0.6 is 11.6 Å². The molecule has 0 heterocycles. The normalized spacial score (nSPS) is 11.8. The first-order chi connectivity index (χ1) is 7.83. The van der Waals surface area contributed by atoms with Crippen LogP contribution in [-0.2, 0) is 6.42 Å². The highest BCUT2D eigenvalue weighted by Gasteiger charge is 1.92. The highest BCUT2D eigenvalue weighted by molar-refractivity contribution is 6.17. The second-order valence-electron chi connectivity index (χ2n) is 4.22. The van der Waals surface area contributed by atoms with Gasteiger partial charge >= 0.3 is 0 Å². The first-order valence-electron chi connectivity index (χ1n) is 6.08. The second-order valence-corrected chi connectivity index (χ2v) is 4.60. The van der Waals surface area contributed by atoms with Crippen molar-refractivity contribution in [2.24, 2.45) is 0 Å². The van der Waals surface area contributed by atoms with E-state index < -0.39 is 0 Å². The molecule has 0 amide bonds. The molecule has 0 aromatic heterocycles. The summed E-state index contributed by atoms with van der Waals surface area (Å²) in [6, 6.07) is 10.7. The summed E-state index contributed by atoms with van der Waals surface area (Å²) in [6.45, 7) is 2.22. The summed E-state index contributed by atoms with van der Waals surface area (Å²) in [5, 5.41) is 0. The Labute approximate surface area is 104 Å². The van der Waals surface area contributed by atoms with Crippen molar-refractivity contribution in [2.45, 2.75) is 39.0 Å². The molecule has 0 spiro atoms. The summed E-state index contributed by atoms with van der Waals surface area (Å²) >= 11 is 5.65. The van der Waals surface area contributed by atoms with E-state index in [-0.39, 0.29) is 0 Å². The monoisotopic (exact) mass is 236 g/mol. The Morgan fingerprint density at radius 1 is 1.19 bits per heavy atom. The van der Waals surface area contributed by atoms with Gasteiger partial charge in [0.05, 0.1) is 0 Å². The summed E-state index contributed by atoms with van der Waals surface area (Å²) in [6.07, 6.45) is 8.20. The molecule has 1 heteroatoms. The highest BCUT2D eigenvalue weighted by atomic mass is 35.5. The molecule has 0 saturated heterocycles. The molecule has 1 rings (SSSR count). The summed E-state index contributed by atoms with van der Waals surface area (Å²) in [4.78, 5) is 0. The number of hydrogen-bond acceptors (Lipinski definition) is 0. The third-order valence-electron chi connectivity index (χ3n) is 2.72. The van der Waals surface area contributed by atoms with E-state index in [0.717, 1.165) is 25.1 Å². The molecule has 16 heavy (non-hydrogen) atoms. The van der Waals surface area contributed by atoms with Crippen LogP contribution in [-0.4, -0.2) is 5.88 Å². The van der Waals surface area contributed by atoms with Crippen molar-refractivity contribution in [2.75, 3.05) is 5.88 Å². The van der Waals surface area contributed by atoms with Crippen molar-refractivity contribution in [1.82, 2.24) is 0 Å². The molecule has 1 aromatic rings. The van der Waals surface area contributed by atoms with E-state index in [1.54, 1.807) is 0 Å². The van der Waals surface area contributed by atoms with Gasteiger partial charge in [-0.15, -0.1) is 11.6 Å². The lowest BCUT2D eigenvalue weighted by molar-refractivity contribution is 0.786. The van der Waals surface area contributed by atoms with Crippen LogP contribution in [0.3, 0.4) is 0 Å². The number of unbranched alkanes of at least 4 members (excludes halogenated alkanes) is 1. The van der Waals surface area contributed by atoms with Crippen LogP contribution in [0.4, 0.5) is 0 Å². The Morgan fingerprint density at radius 2 is 1.94 bits per heavy atom. The first kappa shape index (κ1) is 13.3. The van der Waals surface area contributed by atoms with Crippen molar-refractivity contribution in [1.29, 1.82) is 0 Å². The van der Waals surface area contributed by atoms with Crippen LogP contribution in [0, 0.1) is 0 Å². The second kappa shape index (κ2) is 8.41. The van der Waals surface area contributed by atoms with Gasteiger partial charge in [0, 0.05) is 5.88 Å². The third kappa shape index (κ3) is 5.97. The fourth-order valence-corrected chi connectivity index (χ4v) is 1.92. The van der Waals surface area contributed by atoms with Crippen LogP contribution in [0.1, 0.15) is 38.2 Å². The van der Waals surface area contributed by atoms with E-state index in [2.05, 4.69) is 43.3 Å². The van der Waals surface area contributed by atoms with Crippen LogP contribution in [0.2, 0.25) is 0 Å². The molecule has 0 aliphatic rings. The van der Waals surface area contributed by atoms with Crippen molar-refractivity contribution in [3.05, 3.63) is 47.5 Å². The number of rotatable bonds is 7. The number of halogens is 1. The minimum atomic E-state index is 0.789. The smallest absolute Gasteiger partial charge is 0.0223 e. The summed E-state index contributed by atoms with van der Waals surface area (Å²) < 4.78 is 0. The summed E-state index contributed by atoms with van der Waals surface area (Å²) in [5.74, 6) is 0.789. The predicted octanol–water partition coefficient (Wildman–Crippen LogP) is 4.97. The van der Waals surface area contributed by atoms with Crippen molar-refractivity contribution in [3.63, 3.8) is 0 Å². The van der Waals surface area contributed by atoms with Gasteiger partial charge in [-0.25, -0.2) is 0 Å². The highest BCUT2D eigenvalue weighted by Crippen LogP contribution is 2.10. The van der Waals surface area contributed by atoms with Crippen LogP contribution < -0.4 is 0 Å². The van der Waals surface area contributed by atoms with Gasteiger partial charge in [-0.2, -0.15) is 0 Å². The third-order valence-corrected chi connectivity index (χ3v) is 2.99. The molecule has 0 N–H and O–H groups in total. The number of hydrogen-bond donors (Lipinski definition) is 0. The van der Waals surface area contributed by atoms with Gasteiger partial charge < -0.3 is 0 Å². The topological polar surface area (TPSA) is 0 Å². The Bertz CT molecular complexity index is 300. The summed E-state index contributed by atoms with van der Waals surface area (Å²) in [7, 11) is 0. The summed E-state index contributed by atoms with van der Waals surface area (Å²) in [5.41, 5.74) is 2.92. The Hall–Kier alpha value is -0.750. The Kier molecular flexibility index (Phi) is 7.00. The lowest BCUT2D eigenvalue weighted by atomic mass is 10.1. The molecule has 88 valence electrons. The van der Waals surface area contributed by atoms with Crippen molar-refractivity contribution in [3.8, 4) is 0 Å². The molecule has 0 unspecified atom stereocenters. The van der Waals surface area contributed by atoms with Gasteiger partial charge in [0.25, 0.3) is 0 Å². The van der Waals surface area contributed by atoms with E-state index >= 15 is 0 Å². The van der Waals surface area contributed by atoms with Crippen molar-refractivity contribution < 1.29 is 0 Å². The van der Waals surface area contributed by atoms with Gasteiger partial charge in [0.2, 0.25) is 0 Å². The number of aryl methyl sites for hydroxylation is 1. The van der Waals surface area contributed by atoms with Crippen LogP contribution in [0.25, 0.3) is 0 Å². The zero-order valence-corrected chi connectivity index (χ0v) is 10.8. The molecule has 0 aliphatic heterocycles. The van der Waals surface area contributed by atoms with E-state index in [1.807, 2.05) is 0 Å². The zero-order valence-electron chi connectivity index (χ0n) is 10.1. The minimum absolute atomic E-state index is 0.789. The number of benzene rings is 1. The number of alkyl halides is 1. The Balaban J connectivity index is 2.20. The van der Waals surface area contributed by atoms with E-state index in [4.69, 9.17) is 11.6 Å². The molecule has 0 bridgehead atoms. The predicted molar refractivity (Wildman–Crippen MR) is 73.1 cm³/mol. The first-order valence-corrected chi connectivity index (χ1v) is 6.62. The van der Waals surface area contributed by atoms with Crippen molar-refractivity contribution >= 4 is 11.6 Å². The van der Waals surface area contributed by atoms with Crippen LogP contribution in [0.15, 0.2) is 42.0 Å². The molecule has 0 radical (unpaired) electrons. The SMILES string of the molecule is CC(=CCCc1ccccc1)CCCCCl. The molecule has 0 atom stereocenters. The largest absolute Gasteiger partial charge is 0.127 e. The number of allylic oxidation sites excluding steroid dienone is 2. The molecule has 0 aliphatic carbocycles.